The van der Waals surface area contributed by atoms with Gasteiger partial charge in [-0.2, -0.15) is 0 Å². The zero-order valence-corrected chi connectivity index (χ0v) is 11.2. The fourth-order valence-electron chi connectivity index (χ4n) is 1.27. The van der Waals surface area contributed by atoms with E-state index in [0.29, 0.717) is 18.6 Å². The van der Waals surface area contributed by atoms with Crippen molar-refractivity contribution >= 4 is 21.6 Å². The largest absolute Gasteiger partial charge is 0.321 e. The number of benzene rings is 1. The zero-order valence-electron chi connectivity index (χ0n) is 10.4. The van der Waals surface area contributed by atoms with Crippen molar-refractivity contribution in [3.63, 3.8) is 0 Å². The minimum Gasteiger partial charge on any atom is -0.321 e. The van der Waals surface area contributed by atoms with Gasteiger partial charge in [-0.15, -0.1) is 0 Å². The van der Waals surface area contributed by atoms with Gasteiger partial charge in [0.2, 0.25) is 15.9 Å². The maximum absolute atomic E-state index is 13.6. The van der Waals surface area contributed by atoms with Gasteiger partial charge in [0.25, 0.3) is 0 Å². The Morgan fingerprint density at radius 1 is 1.37 bits per heavy atom. The summed E-state index contributed by atoms with van der Waals surface area (Å²) in [6.07, 6.45) is 0.504. The second kappa shape index (κ2) is 5.62. The lowest BCUT2D eigenvalue weighted by Gasteiger charge is -2.12. The molecule has 1 aromatic carbocycles. The number of halogens is 2. The molecule has 0 heterocycles. The molecule has 0 aliphatic carbocycles. The van der Waals surface area contributed by atoms with Crippen LogP contribution in [-0.4, -0.2) is 14.3 Å². The second-order valence-corrected chi connectivity index (χ2v) is 5.67. The van der Waals surface area contributed by atoms with Crippen molar-refractivity contribution < 1.29 is 22.0 Å². The molecule has 0 bridgehead atoms. The highest BCUT2D eigenvalue weighted by molar-refractivity contribution is 7.89. The van der Waals surface area contributed by atoms with Gasteiger partial charge in [0.05, 0.1) is 4.90 Å². The summed E-state index contributed by atoms with van der Waals surface area (Å²) in [5.41, 5.74) is -0.683. The van der Waals surface area contributed by atoms with Crippen LogP contribution < -0.4 is 10.5 Å². The number of carbonyl (C=O) groups excluding carboxylic acids is 1. The summed E-state index contributed by atoms with van der Waals surface area (Å²) in [6, 6.07) is 1.12. The van der Waals surface area contributed by atoms with Crippen molar-refractivity contribution in [1.29, 1.82) is 0 Å². The van der Waals surface area contributed by atoms with Crippen molar-refractivity contribution in [2.75, 3.05) is 5.32 Å². The van der Waals surface area contributed by atoms with Crippen molar-refractivity contribution in [2.24, 2.45) is 11.1 Å². The number of nitrogens with two attached hydrogens (primary N) is 1. The summed E-state index contributed by atoms with van der Waals surface area (Å²) in [5, 5.41) is 6.85. The Morgan fingerprint density at radius 3 is 2.21 bits per heavy atom. The number of sulfonamides is 1. The van der Waals surface area contributed by atoms with Gasteiger partial charge >= 0.3 is 0 Å². The van der Waals surface area contributed by atoms with Crippen LogP contribution >= 0.6 is 0 Å². The molecular formula is C11H14F2N2O3S. The summed E-state index contributed by atoms with van der Waals surface area (Å²) in [7, 11) is -4.21. The molecule has 5 nitrogen and oxygen atoms in total. The maximum atomic E-state index is 13.6. The van der Waals surface area contributed by atoms with E-state index in [1.807, 2.05) is 0 Å². The Hall–Kier alpha value is -1.54. The Morgan fingerprint density at radius 2 is 1.84 bits per heavy atom. The normalized spacial score (nSPS) is 13.1. The second-order valence-electron chi connectivity index (χ2n) is 4.11. The van der Waals surface area contributed by atoms with Crippen molar-refractivity contribution in [3.8, 4) is 0 Å². The molecule has 0 radical (unpaired) electrons. The molecule has 1 rings (SSSR count). The molecule has 0 spiro atoms. The van der Waals surface area contributed by atoms with Gasteiger partial charge in [-0.25, -0.2) is 22.3 Å². The Labute approximate surface area is 109 Å². The number of anilines is 1. The third kappa shape index (κ3) is 3.71. The highest BCUT2D eigenvalue weighted by Crippen LogP contribution is 2.23. The number of primary sulfonamides is 1. The first-order chi connectivity index (χ1) is 8.66. The summed E-state index contributed by atoms with van der Waals surface area (Å²) in [6.45, 7) is 3.35. The molecule has 0 saturated carbocycles. The molecule has 8 heteroatoms. The topological polar surface area (TPSA) is 89.3 Å². The number of rotatable bonds is 4. The van der Waals surface area contributed by atoms with E-state index in [9.17, 15) is 22.0 Å². The van der Waals surface area contributed by atoms with Crippen LogP contribution in [0.25, 0.3) is 0 Å². The van der Waals surface area contributed by atoms with E-state index >= 15 is 0 Å². The van der Waals surface area contributed by atoms with Crippen LogP contribution in [0.5, 0.6) is 0 Å². The minimum absolute atomic E-state index is 0.420. The van der Waals surface area contributed by atoms with E-state index in [4.69, 9.17) is 5.14 Å². The van der Waals surface area contributed by atoms with Gasteiger partial charge in [0, 0.05) is 5.92 Å². The van der Waals surface area contributed by atoms with Crippen LogP contribution in [0.4, 0.5) is 14.5 Å². The zero-order chi connectivity index (χ0) is 14.8. The number of amides is 1. The predicted molar refractivity (Wildman–Crippen MR) is 65.8 cm³/mol. The van der Waals surface area contributed by atoms with Crippen LogP contribution in [0.3, 0.4) is 0 Å². The van der Waals surface area contributed by atoms with Crippen molar-refractivity contribution in [1.82, 2.24) is 0 Å². The van der Waals surface area contributed by atoms with E-state index in [1.54, 1.807) is 13.8 Å². The molecular weight excluding hydrogens is 278 g/mol. The van der Waals surface area contributed by atoms with Crippen LogP contribution in [0.15, 0.2) is 17.0 Å². The fourth-order valence-corrected chi connectivity index (χ4v) is 1.80. The van der Waals surface area contributed by atoms with Gasteiger partial charge in [-0.1, -0.05) is 13.8 Å². The molecule has 0 saturated heterocycles. The molecule has 1 unspecified atom stereocenters. The lowest BCUT2D eigenvalue weighted by atomic mass is 10.1. The number of carbonyl (C=O) groups is 1. The third-order valence-electron chi connectivity index (χ3n) is 2.65. The molecule has 0 aliphatic heterocycles. The van der Waals surface area contributed by atoms with Crippen molar-refractivity contribution in [3.05, 3.63) is 23.8 Å². The third-order valence-corrected chi connectivity index (χ3v) is 3.55. The van der Waals surface area contributed by atoms with Gasteiger partial charge in [-0.3, -0.25) is 4.79 Å². The van der Waals surface area contributed by atoms with E-state index < -0.39 is 44.1 Å². The van der Waals surface area contributed by atoms with Crippen molar-refractivity contribution in [2.45, 2.75) is 25.2 Å². The first-order valence-corrected chi connectivity index (χ1v) is 7.04. The molecule has 0 aromatic heterocycles. The molecule has 19 heavy (non-hydrogen) atoms. The van der Waals surface area contributed by atoms with E-state index in [2.05, 4.69) is 5.32 Å². The first kappa shape index (κ1) is 15.5. The molecule has 106 valence electrons. The standard InChI is InChI=1S/C11H14F2N2O3S/c1-3-6(2)11(16)15-10-8(12)4-7(5-9(10)13)19(14,17)18/h4-6H,3H2,1-2H3,(H,15,16)(H2,14,17,18). The molecule has 0 fully saturated rings. The molecule has 1 aromatic rings. The average molecular weight is 292 g/mol. The monoisotopic (exact) mass is 292 g/mol. The molecule has 3 N–H and O–H groups in total. The van der Waals surface area contributed by atoms with E-state index in [0.717, 1.165) is 0 Å². The lowest BCUT2D eigenvalue weighted by Crippen LogP contribution is -2.21. The van der Waals surface area contributed by atoms with E-state index in [-0.39, 0.29) is 0 Å². The number of hydrogen-bond acceptors (Lipinski definition) is 3. The summed E-state index contributed by atoms with van der Waals surface area (Å²) in [5.74, 6) is -3.36. The highest BCUT2D eigenvalue weighted by Gasteiger charge is 2.20. The van der Waals surface area contributed by atoms with Gasteiger partial charge < -0.3 is 5.32 Å². The van der Waals surface area contributed by atoms with Crippen LogP contribution in [-0.2, 0) is 14.8 Å². The quantitative estimate of drug-likeness (QED) is 0.883. The van der Waals surface area contributed by atoms with E-state index in [1.165, 1.54) is 0 Å². The van der Waals surface area contributed by atoms with Gasteiger partial charge in [-0.05, 0) is 18.6 Å². The average Bonchev–Trinajstić information content (AvgIpc) is 2.30. The summed E-state index contributed by atoms with van der Waals surface area (Å²) >= 11 is 0. The van der Waals surface area contributed by atoms with Crippen LogP contribution in [0.1, 0.15) is 20.3 Å². The molecule has 1 atom stereocenters. The highest BCUT2D eigenvalue weighted by atomic mass is 32.2. The summed E-state index contributed by atoms with van der Waals surface area (Å²) < 4.78 is 49.2. The summed E-state index contributed by atoms with van der Waals surface area (Å²) in [4.78, 5) is 10.9. The van der Waals surface area contributed by atoms with Crippen LogP contribution in [0, 0.1) is 17.6 Å². The smallest absolute Gasteiger partial charge is 0.238 e. The number of hydrogen-bond donors (Lipinski definition) is 2. The molecule has 0 aliphatic rings. The maximum Gasteiger partial charge on any atom is 0.238 e. The Bertz CT molecular complexity index is 579. The van der Waals surface area contributed by atoms with Gasteiger partial charge in [0.1, 0.15) is 5.69 Å². The predicted octanol–water partition coefficient (Wildman–Crippen LogP) is 1.60. The Kier molecular flexibility index (Phi) is 4.59. The van der Waals surface area contributed by atoms with Gasteiger partial charge in [0.15, 0.2) is 11.6 Å². The molecule has 1 amide bonds. The first-order valence-electron chi connectivity index (χ1n) is 5.49. The Balaban J connectivity index is 3.15. The minimum atomic E-state index is -4.21. The fraction of sp³-hybridized carbons (Fsp3) is 0.364. The lowest BCUT2D eigenvalue weighted by molar-refractivity contribution is -0.119. The van der Waals surface area contributed by atoms with Crippen LogP contribution in [0.2, 0.25) is 0 Å². The number of nitrogens with one attached hydrogen (secondary N) is 1. The SMILES string of the molecule is CCC(C)C(=O)Nc1c(F)cc(S(N)(=O)=O)cc1F.